The van der Waals surface area contributed by atoms with Crippen LogP contribution in [0.3, 0.4) is 0 Å². The summed E-state index contributed by atoms with van der Waals surface area (Å²) in [7, 11) is -0.464. The zero-order valence-electron chi connectivity index (χ0n) is 15.9. The van der Waals surface area contributed by atoms with E-state index in [2.05, 4.69) is 11.4 Å². The van der Waals surface area contributed by atoms with Crippen LogP contribution >= 0.6 is 23.1 Å². The fourth-order valence-electron chi connectivity index (χ4n) is 2.66. The van der Waals surface area contributed by atoms with Gasteiger partial charge in [0.25, 0.3) is 0 Å². The van der Waals surface area contributed by atoms with Gasteiger partial charge in [-0.05, 0) is 50.2 Å². The SMILES string of the molecule is CC(=O)SCC(=Cc1csc(C2OCCO2)c1)B1OC(C)(C)C(C)(C)O1. The average molecular weight is 396 g/mol. The molecule has 26 heavy (non-hydrogen) atoms. The fourth-order valence-corrected chi connectivity index (χ4v) is 4.11. The Hall–Kier alpha value is -0.635. The van der Waals surface area contributed by atoms with Gasteiger partial charge in [-0.2, -0.15) is 0 Å². The number of thiophene rings is 1. The Balaban J connectivity index is 1.82. The number of rotatable bonds is 5. The second-order valence-corrected chi connectivity index (χ2v) is 9.54. The standard InChI is InChI=1S/C18H25BO5S2/c1-12(20)25-11-14(19-23-17(2,3)18(4,5)24-19)8-13-9-15(26-10-13)16-21-6-7-22-16/h8-10,16H,6-7,11H2,1-5H3. The smallest absolute Gasteiger partial charge is 0.400 e. The minimum atomic E-state index is -0.464. The lowest BCUT2D eigenvalue weighted by Crippen LogP contribution is -2.41. The summed E-state index contributed by atoms with van der Waals surface area (Å²) in [5, 5.41) is 2.13. The van der Waals surface area contributed by atoms with Crippen molar-refractivity contribution >= 4 is 41.4 Å². The van der Waals surface area contributed by atoms with E-state index in [1.165, 1.54) is 11.8 Å². The summed E-state index contributed by atoms with van der Waals surface area (Å²) >= 11 is 2.87. The maximum absolute atomic E-state index is 11.5. The number of hydrogen-bond donors (Lipinski definition) is 0. The van der Waals surface area contributed by atoms with Gasteiger partial charge < -0.3 is 18.8 Å². The van der Waals surface area contributed by atoms with E-state index in [1.807, 2.05) is 33.8 Å². The largest absolute Gasteiger partial charge is 0.491 e. The quantitative estimate of drug-likeness (QED) is 0.699. The molecular formula is C18H25BO5S2. The van der Waals surface area contributed by atoms with Crippen LogP contribution in [0.2, 0.25) is 0 Å². The lowest BCUT2D eigenvalue weighted by atomic mass is 9.78. The van der Waals surface area contributed by atoms with E-state index in [1.54, 1.807) is 18.3 Å². The van der Waals surface area contributed by atoms with Crippen LogP contribution < -0.4 is 0 Å². The average Bonchev–Trinajstić information content (AvgIpc) is 3.24. The van der Waals surface area contributed by atoms with Crippen LogP contribution in [-0.4, -0.2) is 42.4 Å². The van der Waals surface area contributed by atoms with Crippen LogP contribution in [0.25, 0.3) is 6.08 Å². The van der Waals surface area contributed by atoms with Crippen molar-refractivity contribution in [3.8, 4) is 0 Å². The summed E-state index contributed by atoms with van der Waals surface area (Å²) in [6, 6.07) is 2.06. The molecule has 0 aliphatic carbocycles. The van der Waals surface area contributed by atoms with E-state index in [0.29, 0.717) is 19.0 Å². The van der Waals surface area contributed by atoms with Crippen molar-refractivity contribution in [1.29, 1.82) is 0 Å². The maximum atomic E-state index is 11.5. The van der Waals surface area contributed by atoms with Gasteiger partial charge in [0.05, 0.1) is 29.3 Å². The highest BCUT2D eigenvalue weighted by atomic mass is 32.2. The van der Waals surface area contributed by atoms with Crippen LogP contribution in [0.15, 0.2) is 16.9 Å². The molecule has 142 valence electrons. The van der Waals surface area contributed by atoms with Gasteiger partial charge in [-0.3, -0.25) is 4.79 Å². The van der Waals surface area contributed by atoms with Gasteiger partial charge in [-0.15, -0.1) is 11.3 Å². The number of carbonyl (C=O) groups excluding carboxylic acids is 1. The van der Waals surface area contributed by atoms with Crippen molar-refractivity contribution in [2.45, 2.75) is 52.1 Å². The normalized spacial score (nSPS) is 23.0. The molecule has 0 radical (unpaired) electrons. The van der Waals surface area contributed by atoms with Crippen LogP contribution in [0.5, 0.6) is 0 Å². The van der Waals surface area contributed by atoms with Crippen LogP contribution in [-0.2, 0) is 23.6 Å². The maximum Gasteiger partial charge on any atom is 0.491 e. The van der Waals surface area contributed by atoms with Crippen molar-refractivity contribution < 1.29 is 23.6 Å². The van der Waals surface area contributed by atoms with Crippen LogP contribution in [0.4, 0.5) is 0 Å². The number of hydrogen-bond acceptors (Lipinski definition) is 7. The number of carbonyl (C=O) groups is 1. The molecule has 0 amide bonds. The zero-order chi connectivity index (χ0) is 18.9. The highest BCUT2D eigenvalue weighted by molar-refractivity contribution is 8.13. The minimum absolute atomic E-state index is 0.0752. The Morgan fingerprint density at radius 2 is 1.88 bits per heavy atom. The molecule has 0 saturated carbocycles. The lowest BCUT2D eigenvalue weighted by Gasteiger charge is -2.32. The van der Waals surface area contributed by atoms with E-state index >= 15 is 0 Å². The van der Waals surface area contributed by atoms with Gasteiger partial charge in [-0.25, -0.2) is 0 Å². The first kappa shape index (κ1) is 20.1. The van der Waals surface area contributed by atoms with Crippen molar-refractivity contribution in [3.05, 3.63) is 27.4 Å². The summed E-state index contributed by atoms with van der Waals surface area (Å²) < 4.78 is 23.5. The molecule has 0 bridgehead atoms. The third-order valence-electron chi connectivity index (χ3n) is 4.84. The van der Waals surface area contributed by atoms with Crippen LogP contribution in [0.1, 0.15) is 51.3 Å². The van der Waals surface area contributed by atoms with Crippen molar-refractivity contribution in [2.24, 2.45) is 0 Å². The summed E-state index contributed by atoms with van der Waals surface area (Å²) in [4.78, 5) is 12.5. The molecule has 0 aromatic carbocycles. The molecule has 5 nitrogen and oxygen atoms in total. The predicted octanol–water partition coefficient (Wildman–Crippen LogP) is 4.09. The summed E-state index contributed by atoms with van der Waals surface area (Å²) in [6.45, 7) is 10.9. The third kappa shape index (κ3) is 4.43. The summed E-state index contributed by atoms with van der Waals surface area (Å²) in [5.74, 6) is 0.535. The van der Waals surface area contributed by atoms with Gasteiger partial charge in [0.15, 0.2) is 11.4 Å². The van der Waals surface area contributed by atoms with Gasteiger partial charge in [0.2, 0.25) is 0 Å². The molecule has 0 N–H and O–H groups in total. The molecule has 3 heterocycles. The molecule has 0 atom stereocenters. The first-order valence-electron chi connectivity index (χ1n) is 8.69. The van der Waals surface area contributed by atoms with E-state index < -0.39 is 18.3 Å². The Morgan fingerprint density at radius 3 is 2.46 bits per heavy atom. The summed E-state index contributed by atoms with van der Waals surface area (Å²) in [5.41, 5.74) is 1.16. The van der Waals surface area contributed by atoms with E-state index in [4.69, 9.17) is 18.8 Å². The van der Waals surface area contributed by atoms with E-state index in [9.17, 15) is 4.79 Å². The predicted molar refractivity (Wildman–Crippen MR) is 106 cm³/mol. The molecule has 2 saturated heterocycles. The van der Waals surface area contributed by atoms with Gasteiger partial charge in [0.1, 0.15) is 0 Å². The fraction of sp³-hybridized carbons (Fsp3) is 0.611. The van der Waals surface area contributed by atoms with Gasteiger partial charge in [-0.1, -0.05) is 17.8 Å². The van der Waals surface area contributed by atoms with Gasteiger partial charge in [0, 0.05) is 12.7 Å². The Bertz CT molecular complexity index is 676. The molecule has 2 aliphatic heterocycles. The molecule has 3 rings (SSSR count). The summed E-state index contributed by atoms with van der Waals surface area (Å²) in [6.07, 6.45) is 1.78. The van der Waals surface area contributed by atoms with Crippen LogP contribution in [0, 0.1) is 0 Å². The third-order valence-corrected chi connectivity index (χ3v) is 6.70. The van der Waals surface area contributed by atoms with E-state index in [0.717, 1.165) is 15.9 Å². The Labute approximate surface area is 163 Å². The molecule has 8 heteroatoms. The first-order chi connectivity index (χ1) is 12.2. The molecule has 0 unspecified atom stereocenters. The van der Waals surface area contributed by atoms with Crippen molar-refractivity contribution in [3.63, 3.8) is 0 Å². The minimum Gasteiger partial charge on any atom is -0.400 e. The van der Waals surface area contributed by atoms with E-state index in [-0.39, 0.29) is 11.4 Å². The Morgan fingerprint density at radius 1 is 1.27 bits per heavy atom. The first-order valence-corrected chi connectivity index (χ1v) is 10.6. The molecule has 2 aliphatic rings. The number of thioether (sulfide) groups is 1. The molecule has 2 fully saturated rings. The Kier molecular flexibility index (Phi) is 6.01. The van der Waals surface area contributed by atoms with Crippen molar-refractivity contribution in [1.82, 2.24) is 0 Å². The lowest BCUT2D eigenvalue weighted by molar-refractivity contribution is -0.109. The topological polar surface area (TPSA) is 54.0 Å². The molecule has 1 aromatic rings. The second-order valence-electron chi connectivity index (χ2n) is 7.44. The highest BCUT2D eigenvalue weighted by Crippen LogP contribution is 2.39. The highest BCUT2D eigenvalue weighted by Gasteiger charge is 2.52. The molecular weight excluding hydrogens is 371 g/mol. The van der Waals surface area contributed by atoms with Crippen molar-refractivity contribution in [2.75, 3.05) is 19.0 Å². The number of ether oxygens (including phenoxy) is 2. The molecule has 0 spiro atoms. The second kappa shape index (κ2) is 7.77. The monoisotopic (exact) mass is 396 g/mol. The zero-order valence-corrected chi connectivity index (χ0v) is 17.5. The molecule has 1 aromatic heterocycles. The van der Waals surface area contributed by atoms with Gasteiger partial charge >= 0.3 is 7.12 Å².